The number of fused-ring (bicyclic) bond motifs is 1. The first-order valence-electron chi connectivity index (χ1n) is 6.98. The Morgan fingerprint density at radius 3 is 2.94 bits per heavy atom. The molecule has 0 aliphatic heterocycles. The summed E-state index contributed by atoms with van der Waals surface area (Å²) in [6.07, 6.45) is 10.1. The maximum absolute atomic E-state index is 10.3. The minimum atomic E-state index is -0.101. The number of hydrogen-bond acceptors (Lipinski definition) is 2. The Bertz CT molecular complexity index is 390. The summed E-state index contributed by atoms with van der Waals surface area (Å²) in [4.78, 5) is 4.57. The van der Waals surface area contributed by atoms with Crippen molar-refractivity contribution in [3.63, 3.8) is 0 Å². The summed E-state index contributed by atoms with van der Waals surface area (Å²) in [7, 11) is 0. The van der Waals surface area contributed by atoms with Gasteiger partial charge in [0, 0.05) is 17.8 Å². The predicted molar refractivity (Wildman–Crippen MR) is 67.9 cm³/mol. The summed E-state index contributed by atoms with van der Waals surface area (Å²) in [6, 6.07) is 4.23. The maximum Gasteiger partial charge on any atom is 0.0574 e. The summed E-state index contributed by atoms with van der Waals surface area (Å²) in [5, 5.41) is 10.3. The molecule has 3 unspecified atom stereocenters. The second-order valence-electron chi connectivity index (χ2n) is 5.56. The van der Waals surface area contributed by atoms with Crippen molar-refractivity contribution in [2.45, 2.75) is 57.0 Å². The van der Waals surface area contributed by atoms with Crippen molar-refractivity contribution in [3.8, 4) is 0 Å². The van der Waals surface area contributed by atoms with E-state index in [1.165, 1.54) is 43.4 Å². The van der Waals surface area contributed by atoms with Crippen LogP contribution in [0.25, 0.3) is 0 Å². The molecule has 0 bridgehead atoms. The normalized spacial score (nSPS) is 33.1. The molecule has 2 nitrogen and oxygen atoms in total. The average Bonchev–Trinajstić information content (AvgIpc) is 2.66. The smallest absolute Gasteiger partial charge is 0.0574 e. The van der Waals surface area contributed by atoms with E-state index in [0.717, 1.165) is 12.8 Å². The number of nitrogens with zero attached hydrogens (tertiary/aromatic N) is 1. The Labute approximate surface area is 103 Å². The van der Waals surface area contributed by atoms with Gasteiger partial charge in [0.2, 0.25) is 0 Å². The van der Waals surface area contributed by atoms with E-state index in [2.05, 4.69) is 11.1 Å². The molecule has 0 aromatic carbocycles. The van der Waals surface area contributed by atoms with Crippen LogP contribution in [0.2, 0.25) is 0 Å². The van der Waals surface area contributed by atoms with Gasteiger partial charge in [0.25, 0.3) is 0 Å². The van der Waals surface area contributed by atoms with Crippen LogP contribution in [0.3, 0.4) is 0 Å². The topological polar surface area (TPSA) is 33.1 Å². The molecule has 2 aliphatic rings. The first kappa shape index (κ1) is 11.2. The Hall–Kier alpha value is -0.890. The number of pyridine rings is 1. The SMILES string of the molecule is OC1CCCCCC1C1CCc2cccnc21. The van der Waals surface area contributed by atoms with E-state index in [-0.39, 0.29) is 6.10 Å². The largest absolute Gasteiger partial charge is 0.393 e. The molecule has 1 heterocycles. The van der Waals surface area contributed by atoms with Gasteiger partial charge in [-0.15, -0.1) is 0 Å². The molecule has 1 aromatic heterocycles. The second kappa shape index (κ2) is 4.77. The third kappa shape index (κ3) is 2.11. The Morgan fingerprint density at radius 1 is 1.12 bits per heavy atom. The molecule has 1 saturated carbocycles. The zero-order valence-electron chi connectivity index (χ0n) is 10.3. The molecule has 17 heavy (non-hydrogen) atoms. The van der Waals surface area contributed by atoms with Gasteiger partial charge >= 0.3 is 0 Å². The van der Waals surface area contributed by atoms with Gasteiger partial charge < -0.3 is 5.11 Å². The van der Waals surface area contributed by atoms with Gasteiger partial charge in [-0.05, 0) is 43.2 Å². The number of hydrogen-bond donors (Lipinski definition) is 1. The third-order valence-corrected chi connectivity index (χ3v) is 4.55. The summed E-state index contributed by atoms with van der Waals surface area (Å²) < 4.78 is 0. The zero-order chi connectivity index (χ0) is 11.7. The van der Waals surface area contributed by atoms with Crippen LogP contribution in [-0.2, 0) is 6.42 Å². The van der Waals surface area contributed by atoms with Gasteiger partial charge in [-0.2, -0.15) is 0 Å². The fourth-order valence-electron chi connectivity index (χ4n) is 3.65. The van der Waals surface area contributed by atoms with E-state index in [0.29, 0.717) is 11.8 Å². The molecule has 1 fully saturated rings. The predicted octanol–water partition coefficient (Wildman–Crippen LogP) is 3.05. The molecular weight excluding hydrogens is 210 g/mol. The molecule has 1 aromatic rings. The summed E-state index contributed by atoms with van der Waals surface area (Å²) in [5.74, 6) is 0.966. The van der Waals surface area contributed by atoms with Crippen molar-refractivity contribution < 1.29 is 5.11 Å². The minimum Gasteiger partial charge on any atom is -0.393 e. The van der Waals surface area contributed by atoms with Crippen LogP contribution >= 0.6 is 0 Å². The minimum absolute atomic E-state index is 0.101. The number of aliphatic hydroxyl groups excluding tert-OH is 1. The lowest BCUT2D eigenvalue weighted by atomic mass is 9.82. The number of aliphatic hydroxyl groups is 1. The highest BCUT2D eigenvalue weighted by atomic mass is 16.3. The van der Waals surface area contributed by atoms with E-state index in [9.17, 15) is 5.11 Å². The van der Waals surface area contributed by atoms with Gasteiger partial charge in [0.15, 0.2) is 0 Å². The second-order valence-corrected chi connectivity index (χ2v) is 5.56. The lowest BCUT2D eigenvalue weighted by Crippen LogP contribution is -2.25. The lowest BCUT2D eigenvalue weighted by Gasteiger charge is -2.26. The molecule has 3 atom stereocenters. The van der Waals surface area contributed by atoms with Crippen LogP contribution in [0.4, 0.5) is 0 Å². The van der Waals surface area contributed by atoms with Crippen LogP contribution in [0, 0.1) is 5.92 Å². The fourth-order valence-corrected chi connectivity index (χ4v) is 3.65. The maximum atomic E-state index is 10.3. The molecule has 0 amide bonds. The highest BCUT2D eigenvalue weighted by Gasteiger charge is 2.35. The van der Waals surface area contributed by atoms with Gasteiger partial charge in [-0.25, -0.2) is 0 Å². The molecule has 0 radical (unpaired) electrons. The van der Waals surface area contributed by atoms with Crippen molar-refractivity contribution in [1.82, 2.24) is 4.98 Å². The van der Waals surface area contributed by atoms with Crippen LogP contribution in [-0.4, -0.2) is 16.2 Å². The van der Waals surface area contributed by atoms with Gasteiger partial charge in [0.1, 0.15) is 0 Å². The molecule has 1 N–H and O–H groups in total. The van der Waals surface area contributed by atoms with Crippen molar-refractivity contribution in [3.05, 3.63) is 29.6 Å². The van der Waals surface area contributed by atoms with Crippen LogP contribution < -0.4 is 0 Å². The Morgan fingerprint density at radius 2 is 2.00 bits per heavy atom. The number of aromatic nitrogens is 1. The van der Waals surface area contributed by atoms with Crippen LogP contribution in [0.15, 0.2) is 18.3 Å². The van der Waals surface area contributed by atoms with Crippen LogP contribution in [0.5, 0.6) is 0 Å². The van der Waals surface area contributed by atoms with Gasteiger partial charge in [-0.1, -0.05) is 25.3 Å². The van der Waals surface area contributed by atoms with E-state index in [1.807, 2.05) is 12.3 Å². The summed E-state index contributed by atoms with van der Waals surface area (Å²) in [5.41, 5.74) is 2.69. The molecule has 0 spiro atoms. The molecule has 3 rings (SSSR count). The third-order valence-electron chi connectivity index (χ3n) is 4.55. The molecule has 2 aliphatic carbocycles. The zero-order valence-corrected chi connectivity index (χ0v) is 10.3. The average molecular weight is 231 g/mol. The lowest BCUT2D eigenvalue weighted by molar-refractivity contribution is 0.0843. The monoisotopic (exact) mass is 231 g/mol. The van der Waals surface area contributed by atoms with E-state index >= 15 is 0 Å². The van der Waals surface area contributed by atoms with Crippen molar-refractivity contribution in [2.24, 2.45) is 5.92 Å². The molecule has 0 saturated heterocycles. The Balaban J connectivity index is 1.85. The highest BCUT2D eigenvalue weighted by Crippen LogP contribution is 2.42. The summed E-state index contributed by atoms with van der Waals surface area (Å²) >= 11 is 0. The quantitative estimate of drug-likeness (QED) is 0.754. The van der Waals surface area contributed by atoms with Crippen molar-refractivity contribution >= 4 is 0 Å². The standard InChI is InChI=1S/C15H21NO/c17-14-7-3-1-2-6-12(14)13-9-8-11-5-4-10-16-15(11)13/h4-5,10,12-14,17H,1-3,6-9H2. The van der Waals surface area contributed by atoms with Crippen LogP contribution in [0.1, 0.15) is 55.7 Å². The molecule has 2 heteroatoms. The van der Waals surface area contributed by atoms with Gasteiger partial charge in [0.05, 0.1) is 6.10 Å². The van der Waals surface area contributed by atoms with E-state index < -0.39 is 0 Å². The van der Waals surface area contributed by atoms with Crippen molar-refractivity contribution in [2.75, 3.05) is 0 Å². The van der Waals surface area contributed by atoms with Gasteiger partial charge in [-0.3, -0.25) is 4.98 Å². The highest BCUT2D eigenvalue weighted by molar-refractivity contribution is 5.29. The van der Waals surface area contributed by atoms with E-state index in [1.54, 1.807) is 0 Å². The Kier molecular flexibility index (Phi) is 3.15. The fraction of sp³-hybridized carbons (Fsp3) is 0.667. The number of aryl methyl sites for hydroxylation is 1. The van der Waals surface area contributed by atoms with E-state index in [4.69, 9.17) is 0 Å². The number of rotatable bonds is 1. The first-order chi connectivity index (χ1) is 8.36. The van der Waals surface area contributed by atoms with Crippen molar-refractivity contribution in [1.29, 1.82) is 0 Å². The molecular formula is C15H21NO. The summed E-state index contributed by atoms with van der Waals surface area (Å²) in [6.45, 7) is 0. The molecule has 92 valence electrons. The first-order valence-corrected chi connectivity index (χ1v) is 6.98.